The third kappa shape index (κ3) is 3.76. The molecule has 32 heavy (non-hydrogen) atoms. The molecule has 0 aliphatic carbocycles. The number of ether oxygens (including phenoxy) is 1. The lowest BCUT2D eigenvalue weighted by atomic mass is 9.98. The van der Waals surface area contributed by atoms with Crippen molar-refractivity contribution in [3.8, 4) is 16.9 Å². The van der Waals surface area contributed by atoms with Crippen molar-refractivity contribution in [1.82, 2.24) is 14.2 Å². The van der Waals surface area contributed by atoms with Gasteiger partial charge < -0.3 is 19.6 Å². The summed E-state index contributed by atoms with van der Waals surface area (Å²) in [6, 6.07) is 8.67. The van der Waals surface area contributed by atoms with Crippen molar-refractivity contribution in [3.63, 3.8) is 0 Å². The fraction of sp³-hybridized carbons (Fsp3) is 0.208. The number of aryl methyl sites for hydroxylation is 1. The molecule has 0 fully saturated rings. The summed E-state index contributed by atoms with van der Waals surface area (Å²) in [5.74, 6) is 0.0668. The molecule has 1 amide bonds. The molecule has 0 unspecified atom stereocenters. The molecule has 0 bridgehead atoms. The van der Waals surface area contributed by atoms with E-state index in [-0.39, 0.29) is 18.3 Å². The largest absolute Gasteiger partial charge is 0.497 e. The van der Waals surface area contributed by atoms with Crippen molar-refractivity contribution in [3.05, 3.63) is 71.3 Å². The summed E-state index contributed by atoms with van der Waals surface area (Å²) < 4.78 is 8.67. The summed E-state index contributed by atoms with van der Waals surface area (Å²) in [5.41, 5.74) is 5.16. The van der Waals surface area contributed by atoms with E-state index in [0.29, 0.717) is 33.8 Å². The zero-order chi connectivity index (χ0) is 23.0. The van der Waals surface area contributed by atoms with Gasteiger partial charge in [0.1, 0.15) is 5.75 Å². The highest BCUT2D eigenvalue weighted by Gasteiger charge is 2.20. The van der Waals surface area contributed by atoms with Crippen molar-refractivity contribution < 1.29 is 19.4 Å². The molecule has 0 atom stereocenters. The Morgan fingerprint density at radius 1 is 1.22 bits per heavy atom. The quantitative estimate of drug-likeness (QED) is 0.454. The predicted octanol–water partition coefficient (Wildman–Crippen LogP) is 3.60. The Kier molecular flexibility index (Phi) is 5.54. The fourth-order valence-corrected chi connectivity index (χ4v) is 3.80. The number of benzene rings is 1. The number of fused-ring (bicyclic) bond motifs is 1. The van der Waals surface area contributed by atoms with E-state index in [0.717, 1.165) is 16.7 Å². The van der Waals surface area contributed by atoms with Gasteiger partial charge in [0.05, 0.1) is 36.7 Å². The lowest BCUT2D eigenvalue weighted by Crippen LogP contribution is -2.13. The smallest absolute Gasteiger partial charge is 0.257 e. The molecule has 0 saturated heterocycles. The van der Waals surface area contributed by atoms with Crippen LogP contribution in [0.25, 0.3) is 16.6 Å². The standard InChI is InChI=1S/C24H24N4O4/c1-14-19(17-11-25-27(3)12-17)7-16(13-29)8-21(14)26-24(31)20-10-22(15(2)30)28-6-5-18(32-4)9-23(20)28/h5-12,29H,13H2,1-4H3,(H,26,31). The Morgan fingerprint density at radius 3 is 2.62 bits per heavy atom. The Hall–Kier alpha value is -3.91. The van der Waals surface area contributed by atoms with Gasteiger partial charge in [-0.2, -0.15) is 5.10 Å². The van der Waals surface area contributed by atoms with Crippen LogP contribution in [0.4, 0.5) is 5.69 Å². The summed E-state index contributed by atoms with van der Waals surface area (Å²) in [6.45, 7) is 3.20. The number of carbonyl (C=O) groups excluding carboxylic acids is 2. The highest BCUT2D eigenvalue weighted by atomic mass is 16.5. The van der Waals surface area contributed by atoms with Gasteiger partial charge in [0.2, 0.25) is 0 Å². The van der Waals surface area contributed by atoms with Crippen LogP contribution in [0.2, 0.25) is 0 Å². The first-order valence-electron chi connectivity index (χ1n) is 10.1. The second-order valence-corrected chi connectivity index (χ2v) is 7.65. The first kappa shape index (κ1) is 21.3. The van der Waals surface area contributed by atoms with E-state index in [1.807, 2.05) is 26.2 Å². The second-order valence-electron chi connectivity index (χ2n) is 7.65. The number of carbonyl (C=O) groups is 2. The van der Waals surface area contributed by atoms with Crippen LogP contribution < -0.4 is 10.1 Å². The maximum absolute atomic E-state index is 13.3. The van der Waals surface area contributed by atoms with E-state index >= 15 is 0 Å². The number of aliphatic hydroxyl groups excluding tert-OH is 1. The molecule has 0 radical (unpaired) electrons. The van der Waals surface area contributed by atoms with E-state index in [9.17, 15) is 14.7 Å². The number of hydrogen-bond acceptors (Lipinski definition) is 5. The van der Waals surface area contributed by atoms with Crippen molar-refractivity contribution in [2.45, 2.75) is 20.5 Å². The molecular weight excluding hydrogens is 408 g/mol. The number of anilines is 1. The van der Waals surface area contributed by atoms with Crippen LogP contribution >= 0.6 is 0 Å². The minimum Gasteiger partial charge on any atom is -0.497 e. The molecule has 0 aliphatic rings. The number of pyridine rings is 1. The SMILES string of the molecule is COc1ccn2c(C(C)=O)cc(C(=O)Nc3cc(CO)cc(-c4cnn(C)c4)c3C)c2c1. The van der Waals surface area contributed by atoms with E-state index in [2.05, 4.69) is 10.4 Å². The van der Waals surface area contributed by atoms with Gasteiger partial charge in [0.15, 0.2) is 5.78 Å². The number of nitrogens with one attached hydrogen (secondary N) is 1. The second kappa shape index (κ2) is 8.32. The average molecular weight is 432 g/mol. The number of aliphatic hydroxyl groups is 1. The first-order chi connectivity index (χ1) is 15.3. The minimum atomic E-state index is -0.362. The number of methoxy groups -OCH3 is 1. The Labute approximate surface area is 185 Å². The molecule has 164 valence electrons. The van der Waals surface area contributed by atoms with Crippen LogP contribution in [0.5, 0.6) is 5.75 Å². The van der Waals surface area contributed by atoms with Gasteiger partial charge in [-0.25, -0.2) is 0 Å². The van der Waals surface area contributed by atoms with E-state index in [4.69, 9.17) is 4.74 Å². The van der Waals surface area contributed by atoms with Crippen LogP contribution in [0, 0.1) is 6.92 Å². The minimum absolute atomic E-state index is 0.151. The molecule has 4 rings (SSSR count). The van der Waals surface area contributed by atoms with Crippen molar-refractivity contribution in [2.24, 2.45) is 7.05 Å². The lowest BCUT2D eigenvalue weighted by Gasteiger charge is -2.14. The molecule has 0 aliphatic heterocycles. The van der Waals surface area contributed by atoms with Crippen molar-refractivity contribution in [1.29, 1.82) is 0 Å². The number of aromatic nitrogens is 3. The maximum Gasteiger partial charge on any atom is 0.257 e. The normalized spacial score (nSPS) is 11.0. The predicted molar refractivity (Wildman–Crippen MR) is 121 cm³/mol. The number of amides is 1. The van der Waals surface area contributed by atoms with Gasteiger partial charge in [0, 0.05) is 43.7 Å². The average Bonchev–Trinajstić information content (AvgIpc) is 3.38. The zero-order valence-electron chi connectivity index (χ0n) is 18.3. The topological polar surface area (TPSA) is 97.9 Å². The fourth-order valence-electron chi connectivity index (χ4n) is 3.80. The first-order valence-corrected chi connectivity index (χ1v) is 10.1. The summed E-state index contributed by atoms with van der Waals surface area (Å²) >= 11 is 0. The summed E-state index contributed by atoms with van der Waals surface area (Å²) in [7, 11) is 3.38. The molecule has 4 aromatic rings. The number of rotatable bonds is 6. The molecular formula is C24H24N4O4. The molecule has 3 aromatic heterocycles. The van der Waals surface area contributed by atoms with Gasteiger partial charge in [-0.05, 0) is 47.9 Å². The Morgan fingerprint density at radius 2 is 2.00 bits per heavy atom. The van der Waals surface area contributed by atoms with E-state index in [1.165, 1.54) is 6.92 Å². The highest BCUT2D eigenvalue weighted by molar-refractivity contribution is 6.12. The van der Waals surface area contributed by atoms with Crippen molar-refractivity contribution in [2.75, 3.05) is 12.4 Å². The molecule has 1 aromatic carbocycles. The molecule has 2 N–H and O–H groups in total. The van der Waals surface area contributed by atoms with E-state index in [1.54, 1.807) is 52.9 Å². The Balaban J connectivity index is 1.79. The van der Waals surface area contributed by atoms with E-state index < -0.39 is 0 Å². The summed E-state index contributed by atoms with van der Waals surface area (Å²) in [6.07, 6.45) is 5.32. The summed E-state index contributed by atoms with van der Waals surface area (Å²) in [5, 5.41) is 16.9. The monoisotopic (exact) mass is 432 g/mol. The van der Waals surface area contributed by atoms with Crippen LogP contribution in [0.15, 0.2) is 48.9 Å². The van der Waals surface area contributed by atoms with Gasteiger partial charge in [-0.1, -0.05) is 0 Å². The highest BCUT2D eigenvalue weighted by Crippen LogP contribution is 2.31. The Bertz CT molecular complexity index is 1350. The number of nitrogens with zero attached hydrogens (tertiary/aromatic N) is 3. The molecule has 0 saturated carbocycles. The van der Waals surface area contributed by atoms with Crippen LogP contribution in [-0.2, 0) is 13.7 Å². The van der Waals surface area contributed by atoms with Gasteiger partial charge in [-0.3, -0.25) is 14.3 Å². The number of ketones is 1. The van der Waals surface area contributed by atoms with Gasteiger partial charge in [-0.15, -0.1) is 0 Å². The maximum atomic E-state index is 13.3. The molecule has 0 spiro atoms. The summed E-state index contributed by atoms with van der Waals surface area (Å²) in [4.78, 5) is 25.4. The number of hydrogen-bond donors (Lipinski definition) is 2. The van der Waals surface area contributed by atoms with Crippen LogP contribution in [0.1, 0.15) is 38.9 Å². The molecule has 8 nitrogen and oxygen atoms in total. The third-order valence-corrected chi connectivity index (χ3v) is 5.50. The van der Waals surface area contributed by atoms with Gasteiger partial charge in [0.25, 0.3) is 5.91 Å². The number of Topliss-reactive ketones (excluding diaryl/α,β-unsaturated/α-hetero) is 1. The zero-order valence-corrected chi connectivity index (χ0v) is 18.3. The molecule has 8 heteroatoms. The van der Waals surface area contributed by atoms with Crippen LogP contribution in [0.3, 0.4) is 0 Å². The van der Waals surface area contributed by atoms with Crippen LogP contribution in [-0.4, -0.2) is 38.1 Å². The van der Waals surface area contributed by atoms with Gasteiger partial charge >= 0.3 is 0 Å². The third-order valence-electron chi connectivity index (χ3n) is 5.50. The van der Waals surface area contributed by atoms with Crippen molar-refractivity contribution >= 4 is 22.9 Å². The lowest BCUT2D eigenvalue weighted by molar-refractivity contribution is 0.101. The molecule has 3 heterocycles.